The second-order valence-electron chi connectivity index (χ2n) is 5.46. The summed E-state index contributed by atoms with van der Waals surface area (Å²) in [5.41, 5.74) is 1.85. The zero-order valence-corrected chi connectivity index (χ0v) is 12.8. The van der Waals surface area contributed by atoms with Gasteiger partial charge in [0.05, 0.1) is 13.0 Å². The average Bonchev–Trinajstić information content (AvgIpc) is 2.45. The van der Waals surface area contributed by atoms with Crippen molar-refractivity contribution in [2.75, 3.05) is 20.3 Å². The molecule has 0 spiro atoms. The van der Waals surface area contributed by atoms with Crippen molar-refractivity contribution in [1.82, 2.24) is 10.2 Å². The monoisotopic (exact) mass is 290 g/mol. The zero-order valence-electron chi connectivity index (χ0n) is 12.8. The van der Waals surface area contributed by atoms with Crippen LogP contribution in [0.25, 0.3) is 0 Å². The molecule has 1 heterocycles. The number of ether oxygens (including phenoxy) is 1. The third kappa shape index (κ3) is 3.24. The molecular formula is C16H22N2O3. The van der Waals surface area contributed by atoms with Crippen LogP contribution in [-0.2, 0) is 20.7 Å². The number of fused-ring (bicyclic) bond motifs is 1. The van der Waals surface area contributed by atoms with Gasteiger partial charge in [-0.2, -0.15) is 0 Å². The van der Waals surface area contributed by atoms with Gasteiger partial charge >= 0.3 is 0 Å². The minimum atomic E-state index is -0.556. The Balaban J connectivity index is 2.32. The molecule has 1 aliphatic rings. The first-order valence-electron chi connectivity index (χ1n) is 7.22. The first-order chi connectivity index (χ1) is 10.1. The number of hydrogen-bond acceptors (Lipinski definition) is 3. The Labute approximate surface area is 125 Å². The molecule has 5 nitrogen and oxygen atoms in total. The summed E-state index contributed by atoms with van der Waals surface area (Å²) in [7, 11) is 1.59. The van der Waals surface area contributed by atoms with Crippen molar-refractivity contribution >= 4 is 11.8 Å². The lowest BCUT2D eigenvalue weighted by Crippen LogP contribution is -2.50. The maximum absolute atomic E-state index is 12.5. The van der Waals surface area contributed by atoms with Crippen molar-refractivity contribution in [3.63, 3.8) is 0 Å². The molecule has 1 aliphatic heterocycles. The molecule has 1 aromatic carbocycles. The number of carbonyl (C=O) groups excluding carboxylic acids is 2. The van der Waals surface area contributed by atoms with Crippen LogP contribution in [0.5, 0.6) is 0 Å². The van der Waals surface area contributed by atoms with Gasteiger partial charge in [-0.3, -0.25) is 9.59 Å². The van der Waals surface area contributed by atoms with Gasteiger partial charge in [-0.25, -0.2) is 0 Å². The maximum atomic E-state index is 12.5. The van der Waals surface area contributed by atoms with E-state index in [0.717, 1.165) is 11.1 Å². The highest BCUT2D eigenvalue weighted by Crippen LogP contribution is 2.32. The summed E-state index contributed by atoms with van der Waals surface area (Å²) < 4.78 is 4.95. The molecule has 2 rings (SSSR count). The van der Waals surface area contributed by atoms with Gasteiger partial charge in [-0.15, -0.1) is 0 Å². The zero-order chi connectivity index (χ0) is 15.4. The van der Waals surface area contributed by atoms with Crippen LogP contribution in [0.15, 0.2) is 24.3 Å². The van der Waals surface area contributed by atoms with Crippen LogP contribution < -0.4 is 5.32 Å². The van der Waals surface area contributed by atoms with Gasteiger partial charge in [-0.1, -0.05) is 24.3 Å². The Morgan fingerprint density at radius 2 is 2.14 bits per heavy atom. The first kappa shape index (κ1) is 15.5. The second kappa shape index (κ2) is 6.72. The van der Waals surface area contributed by atoms with Crippen LogP contribution in [0.3, 0.4) is 0 Å². The molecule has 0 aromatic heterocycles. The summed E-state index contributed by atoms with van der Waals surface area (Å²) in [6, 6.07) is 7.07. The normalized spacial score (nSPS) is 17.8. The topological polar surface area (TPSA) is 58.6 Å². The predicted octanol–water partition coefficient (Wildman–Crippen LogP) is 1.28. The van der Waals surface area contributed by atoms with E-state index in [4.69, 9.17) is 4.74 Å². The van der Waals surface area contributed by atoms with E-state index < -0.39 is 6.04 Å². The number of benzene rings is 1. The minimum absolute atomic E-state index is 0.00408. The molecule has 0 bridgehead atoms. The number of hydrogen-bond donors (Lipinski definition) is 1. The van der Waals surface area contributed by atoms with Gasteiger partial charge in [-0.05, 0) is 25.0 Å². The van der Waals surface area contributed by atoms with E-state index in [1.54, 1.807) is 12.0 Å². The molecule has 0 radical (unpaired) electrons. The Bertz CT molecular complexity index is 528. The first-order valence-corrected chi connectivity index (χ1v) is 7.22. The lowest BCUT2D eigenvalue weighted by Gasteiger charge is -2.38. The molecule has 114 valence electrons. The number of amides is 2. The Morgan fingerprint density at radius 3 is 2.81 bits per heavy atom. The SMILES string of the molecule is COCCNC(=O)[C@H]1c2ccccc2CC(=O)N1C(C)C. The van der Waals surface area contributed by atoms with E-state index in [0.29, 0.717) is 19.6 Å². The van der Waals surface area contributed by atoms with Crippen LogP contribution >= 0.6 is 0 Å². The minimum Gasteiger partial charge on any atom is -0.383 e. The molecule has 1 aromatic rings. The number of nitrogens with zero attached hydrogens (tertiary/aromatic N) is 1. The predicted molar refractivity (Wildman–Crippen MR) is 79.8 cm³/mol. The maximum Gasteiger partial charge on any atom is 0.247 e. The average molecular weight is 290 g/mol. The van der Waals surface area contributed by atoms with Gasteiger partial charge in [0.1, 0.15) is 6.04 Å². The quantitative estimate of drug-likeness (QED) is 0.831. The van der Waals surface area contributed by atoms with E-state index in [9.17, 15) is 9.59 Å². The fraction of sp³-hybridized carbons (Fsp3) is 0.500. The van der Waals surface area contributed by atoms with Crippen LogP contribution in [0.2, 0.25) is 0 Å². The van der Waals surface area contributed by atoms with Gasteiger partial charge in [0, 0.05) is 19.7 Å². The lowest BCUT2D eigenvalue weighted by atomic mass is 9.90. The molecule has 0 saturated carbocycles. The summed E-state index contributed by atoms with van der Waals surface area (Å²) in [6.45, 7) is 4.76. The van der Waals surface area contributed by atoms with Crippen molar-refractivity contribution in [3.05, 3.63) is 35.4 Å². The van der Waals surface area contributed by atoms with E-state index in [-0.39, 0.29) is 17.9 Å². The number of carbonyl (C=O) groups is 2. The van der Waals surface area contributed by atoms with E-state index in [1.807, 2.05) is 38.1 Å². The summed E-state index contributed by atoms with van der Waals surface area (Å²) in [4.78, 5) is 26.6. The van der Waals surface area contributed by atoms with Gasteiger partial charge in [0.25, 0.3) is 0 Å². The van der Waals surface area contributed by atoms with E-state index in [1.165, 1.54) is 0 Å². The highest BCUT2D eigenvalue weighted by atomic mass is 16.5. The van der Waals surface area contributed by atoms with Crippen LogP contribution in [0, 0.1) is 0 Å². The standard InChI is InChI=1S/C16H22N2O3/c1-11(2)18-14(19)10-12-6-4-5-7-13(12)15(18)16(20)17-8-9-21-3/h4-7,11,15H,8-10H2,1-3H3,(H,17,20)/t15-/m1/s1. The van der Waals surface area contributed by atoms with E-state index in [2.05, 4.69) is 5.32 Å². The van der Waals surface area contributed by atoms with Crippen molar-refractivity contribution in [2.24, 2.45) is 0 Å². The van der Waals surface area contributed by atoms with Gasteiger partial charge in [0.2, 0.25) is 11.8 Å². The molecule has 0 saturated heterocycles. The Kier molecular flexibility index (Phi) is 4.96. The van der Waals surface area contributed by atoms with E-state index >= 15 is 0 Å². The van der Waals surface area contributed by atoms with Crippen molar-refractivity contribution < 1.29 is 14.3 Å². The molecule has 0 fully saturated rings. The summed E-state index contributed by atoms with van der Waals surface area (Å²) in [5.74, 6) is -0.156. The fourth-order valence-electron chi connectivity index (χ4n) is 2.74. The highest BCUT2D eigenvalue weighted by molar-refractivity contribution is 5.92. The molecule has 0 aliphatic carbocycles. The largest absolute Gasteiger partial charge is 0.383 e. The van der Waals surface area contributed by atoms with Crippen molar-refractivity contribution in [1.29, 1.82) is 0 Å². The lowest BCUT2D eigenvalue weighted by molar-refractivity contribution is -0.143. The Hall–Kier alpha value is -1.88. The number of rotatable bonds is 5. The number of nitrogens with one attached hydrogen (secondary N) is 1. The summed E-state index contributed by atoms with van der Waals surface area (Å²) >= 11 is 0. The molecule has 21 heavy (non-hydrogen) atoms. The summed E-state index contributed by atoms with van der Waals surface area (Å²) in [5, 5.41) is 2.84. The second-order valence-corrected chi connectivity index (χ2v) is 5.46. The smallest absolute Gasteiger partial charge is 0.247 e. The highest BCUT2D eigenvalue weighted by Gasteiger charge is 2.38. The van der Waals surface area contributed by atoms with Gasteiger partial charge in [0.15, 0.2) is 0 Å². The molecular weight excluding hydrogens is 268 g/mol. The third-order valence-electron chi connectivity index (χ3n) is 3.67. The van der Waals surface area contributed by atoms with Crippen LogP contribution in [0.1, 0.15) is 31.0 Å². The summed E-state index contributed by atoms with van der Waals surface area (Å²) in [6.07, 6.45) is 0.357. The van der Waals surface area contributed by atoms with Gasteiger partial charge < -0.3 is 15.0 Å². The Morgan fingerprint density at radius 1 is 1.43 bits per heavy atom. The fourth-order valence-corrected chi connectivity index (χ4v) is 2.74. The number of methoxy groups -OCH3 is 1. The third-order valence-corrected chi connectivity index (χ3v) is 3.67. The molecule has 0 unspecified atom stereocenters. The molecule has 5 heteroatoms. The molecule has 2 amide bonds. The van der Waals surface area contributed by atoms with Crippen molar-refractivity contribution in [2.45, 2.75) is 32.4 Å². The van der Waals surface area contributed by atoms with Crippen LogP contribution in [0.4, 0.5) is 0 Å². The molecule has 1 N–H and O–H groups in total. The molecule has 1 atom stereocenters. The van der Waals surface area contributed by atoms with Crippen LogP contribution in [-0.4, -0.2) is 43.0 Å². The van der Waals surface area contributed by atoms with Crippen molar-refractivity contribution in [3.8, 4) is 0 Å².